The maximum Gasteiger partial charge on any atom is 0.248 e. The first-order chi connectivity index (χ1) is 9.97. The lowest BCUT2D eigenvalue weighted by molar-refractivity contribution is 0.0409. The van der Waals surface area contributed by atoms with Crippen molar-refractivity contribution < 1.29 is 9.90 Å². The average Bonchev–Trinajstić information content (AvgIpc) is 2.81. The fraction of sp³-hybridized carbons (Fsp3) is 0.588. The lowest BCUT2D eigenvalue weighted by atomic mass is 9.87. The van der Waals surface area contributed by atoms with Gasteiger partial charge in [0.15, 0.2) is 0 Å². The number of likely N-dealkylation sites (tertiary alicyclic amines) is 1. The maximum absolute atomic E-state index is 11.3. The summed E-state index contributed by atoms with van der Waals surface area (Å²) in [5.41, 5.74) is 6.85. The molecule has 1 aromatic rings. The van der Waals surface area contributed by atoms with E-state index in [9.17, 15) is 9.90 Å². The van der Waals surface area contributed by atoms with Crippen molar-refractivity contribution in [3.63, 3.8) is 0 Å². The molecule has 0 radical (unpaired) electrons. The van der Waals surface area contributed by atoms with Crippen LogP contribution in [-0.2, 0) is 6.54 Å². The van der Waals surface area contributed by atoms with Gasteiger partial charge in [-0.15, -0.1) is 0 Å². The van der Waals surface area contributed by atoms with Gasteiger partial charge in [-0.3, -0.25) is 9.69 Å². The molecular weight excluding hydrogens is 264 g/mol. The van der Waals surface area contributed by atoms with Crippen LogP contribution in [0.1, 0.15) is 49.0 Å². The lowest BCUT2D eigenvalue weighted by Gasteiger charge is -2.38. The van der Waals surface area contributed by atoms with Crippen molar-refractivity contribution in [2.24, 2.45) is 11.7 Å². The van der Waals surface area contributed by atoms with Crippen molar-refractivity contribution in [1.29, 1.82) is 0 Å². The Bertz CT molecular complexity index is 501. The van der Waals surface area contributed by atoms with Gasteiger partial charge in [0, 0.05) is 17.6 Å². The number of aliphatic hydroxyl groups excluding tert-OH is 1. The van der Waals surface area contributed by atoms with E-state index < -0.39 is 5.91 Å². The highest BCUT2D eigenvalue weighted by Crippen LogP contribution is 2.35. The molecule has 3 N–H and O–H groups in total. The molecule has 4 heteroatoms. The minimum atomic E-state index is -0.395. The summed E-state index contributed by atoms with van der Waals surface area (Å²) in [6.45, 7) is 6.34. The Labute approximate surface area is 126 Å². The molecule has 1 amide bonds. The standard InChI is InChI=1S/C17H26N2O2/c1-13(2)10-17(12-20)7-4-8-19(17)11-14-5-3-6-15(9-14)16(18)21/h3,5-6,9,13,20H,4,7-8,10-12H2,1-2H3,(H2,18,21). The van der Waals surface area contributed by atoms with Crippen LogP contribution in [0.5, 0.6) is 0 Å². The molecule has 1 saturated heterocycles. The lowest BCUT2D eigenvalue weighted by Crippen LogP contribution is -2.47. The molecule has 1 aliphatic rings. The number of nitrogens with two attached hydrogens (primary N) is 1. The van der Waals surface area contributed by atoms with Crippen LogP contribution in [0.15, 0.2) is 24.3 Å². The Morgan fingerprint density at radius 3 is 2.86 bits per heavy atom. The molecule has 2 rings (SSSR count). The molecule has 1 fully saturated rings. The van der Waals surface area contributed by atoms with Gasteiger partial charge in [0.2, 0.25) is 5.91 Å². The minimum absolute atomic E-state index is 0.114. The van der Waals surface area contributed by atoms with Crippen LogP contribution in [0.25, 0.3) is 0 Å². The van der Waals surface area contributed by atoms with Crippen LogP contribution in [-0.4, -0.2) is 34.6 Å². The molecule has 1 aromatic carbocycles. The molecule has 21 heavy (non-hydrogen) atoms. The van der Waals surface area contributed by atoms with Crippen molar-refractivity contribution in [2.45, 2.75) is 45.2 Å². The monoisotopic (exact) mass is 290 g/mol. The highest BCUT2D eigenvalue weighted by molar-refractivity contribution is 5.92. The number of hydrogen-bond donors (Lipinski definition) is 2. The quantitative estimate of drug-likeness (QED) is 0.843. The van der Waals surface area contributed by atoms with E-state index in [2.05, 4.69) is 18.7 Å². The van der Waals surface area contributed by atoms with Crippen molar-refractivity contribution in [1.82, 2.24) is 4.90 Å². The summed E-state index contributed by atoms with van der Waals surface area (Å²) in [6.07, 6.45) is 3.15. The molecule has 0 spiro atoms. The SMILES string of the molecule is CC(C)CC1(CO)CCCN1Cc1cccc(C(N)=O)c1. The Kier molecular flexibility index (Phi) is 5.01. The van der Waals surface area contributed by atoms with Gasteiger partial charge in [-0.25, -0.2) is 0 Å². The molecule has 1 atom stereocenters. The number of aliphatic hydroxyl groups is 1. The van der Waals surface area contributed by atoms with Crippen LogP contribution in [0.4, 0.5) is 0 Å². The Balaban J connectivity index is 2.17. The molecular formula is C17H26N2O2. The van der Waals surface area contributed by atoms with Gasteiger partial charge < -0.3 is 10.8 Å². The Hall–Kier alpha value is -1.39. The normalized spacial score (nSPS) is 22.9. The predicted octanol–water partition coefficient (Wildman–Crippen LogP) is 2.16. The fourth-order valence-corrected chi connectivity index (χ4v) is 3.52. The maximum atomic E-state index is 11.3. The summed E-state index contributed by atoms with van der Waals surface area (Å²) < 4.78 is 0. The van der Waals surface area contributed by atoms with Gasteiger partial charge in [-0.2, -0.15) is 0 Å². The molecule has 0 aromatic heterocycles. The molecule has 0 aliphatic carbocycles. The van der Waals surface area contributed by atoms with Crippen LogP contribution in [0.3, 0.4) is 0 Å². The average molecular weight is 290 g/mol. The molecule has 1 unspecified atom stereocenters. The smallest absolute Gasteiger partial charge is 0.248 e. The molecule has 116 valence electrons. The number of benzene rings is 1. The van der Waals surface area contributed by atoms with Gasteiger partial charge in [0.05, 0.1) is 6.61 Å². The van der Waals surface area contributed by atoms with Crippen LogP contribution in [0, 0.1) is 5.92 Å². The number of primary amides is 1. The Morgan fingerprint density at radius 1 is 1.48 bits per heavy atom. The second-order valence-corrected chi connectivity index (χ2v) is 6.57. The van der Waals surface area contributed by atoms with Crippen LogP contribution < -0.4 is 5.73 Å². The third kappa shape index (κ3) is 3.63. The van der Waals surface area contributed by atoms with Crippen molar-refractivity contribution in [3.8, 4) is 0 Å². The van der Waals surface area contributed by atoms with Crippen molar-refractivity contribution in [3.05, 3.63) is 35.4 Å². The number of rotatable bonds is 6. The van der Waals surface area contributed by atoms with Crippen molar-refractivity contribution >= 4 is 5.91 Å². The van der Waals surface area contributed by atoms with Gasteiger partial charge in [-0.1, -0.05) is 26.0 Å². The minimum Gasteiger partial charge on any atom is -0.394 e. The zero-order valence-electron chi connectivity index (χ0n) is 13.0. The molecule has 0 bridgehead atoms. The van der Waals surface area contributed by atoms with Crippen molar-refractivity contribution in [2.75, 3.05) is 13.2 Å². The second-order valence-electron chi connectivity index (χ2n) is 6.57. The highest BCUT2D eigenvalue weighted by atomic mass is 16.3. The van der Waals surface area contributed by atoms with E-state index in [1.54, 1.807) is 6.07 Å². The van der Waals surface area contributed by atoms with Crippen LogP contribution in [0.2, 0.25) is 0 Å². The number of hydrogen-bond acceptors (Lipinski definition) is 3. The number of carbonyl (C=O) groups is 1. The molecule has 4 nitrogen and oxygen atoms in total. The third-order valence-electron chi connectivity index (χ3n) is 4.41. The summed E-state index contributed by atoms with van der Waals surface area (Å²) in [7, 11) is 0. The van der Waals surface area contributed by atoms with Gasteiger partial charge in [0.1, 0.15) is 0 Å². The first-order valence-corrected chi connectivity index (χ1v) is 7.71. The zero-order chi connectivity index (χ0) is 15.5. The van der Waals surface area contributed by atoms with Gasteiger partial charge >= 0.3 is 0 Å². The molecule has 0 saturated carbocycles. The van der Waals surface area contributed by atoms with E-state index >= 15 is 0 Å². The fourth-order valence-electron chi connectivity index (χ4n) is 3.52. The summed E-state index contributed by atoms with van der Waals surface area (Å²) >= 11 is 0. The molecule has 1 aliphatic heterocycles. The first kappa shape index (κ1) is 16.0. The van der Waals surface area contributed by atoms with Crippen LogP contribution >= 0.6 is 0 Å². The second kappa shape index (κ2) is 6.58. The zero-order valence-corrected chi connectivity index (χ0v) is 13.0. The van der Waals surface area contributed by atoms with Gasteiger partial charge in [0.25, 0.3) is 0 Å². The topological polar surface area (TPSA) is 66.6 Å². The van der Waals surface area contributed by atoms with E-state index in [1.165, 1.54) is 0 Å². The summed E-state index contributed by atoms with van der Waals surface area (Å²) in [5.74, 6) is 0.156. The Morgan fingerprint density at radius 2 is 2.24 bits per heavy atom. The van der Waals surface area contributed by atoms with E-state index in [1.807, 2.05) is 18.2 Å². The number of amides is 1. The third-order valence-corrected chi connectivity index (χ3v) is 4.41. The largest absolute Gasteiger partial charge is 0.394 e. The van der Waals surface area contributed by atoms with E-state index in [0.29, 0.717) is 11.5 Å². The molecule has 1 heterocycles. The van der Waals surface area contributed by atoms with E-state index in [0.717, 1.165) is 37.9 Å². The number of carbonyl (C=O) groups excluding carboxylic acids is 1. The highest BCUT2D eigenvalue weighted by Gasteiger charge is 2.40. The number of nitrogens with zero attached hydrogens (tertiary/aromatic N) is 1. The van der Waals surface area contributed by atoms with E-state index in [-0.39, 0.29) is 12.1 Å². The van der Waals surface area contributed by atoms with Gasteiger partial charge in [-0.05, 0) is 49.4 Å². The first-order valence-electron chi connectivity index (χ1n) is 7.71. The summed E-state index contributed by atoms with van der Waals surface area (Å²) in [6, 6.07) is 7.48. The summed E-state index contributed by atoms with van der Waals surface area (Å²) in [4.78, 5) is 13.7. The summed E-state index contributed by atoms with van der Waals surface area (Å²) in [5, 5.41) is 9.94. The van der Waals surface area contributed by atoms with E-state index in [4.69, 9.17) is 5.73 Å². The predicted molar refractivity (Wildman–Crippen MR) is 83.9 cm³/mol.